The molecular weight excluding hydrogens is 236 g/mol. The Kier molecular flexibility index (Phi) is 6.05. The van der Waals surface area contributed by atoms with E-state index in [1.165, 1.54) is 0 Å². The molecule has 0 saturated heterocycles. The number of methoxy groups -OCH3 is 2. The van der Waals surface area contributed by atoms with Crippen LogP contribution in [0.25, 0.3) is 6.08 Å². The van der Waals surface area contributed by atoms with E-state index in [-0.39, 0.29) is 0 Å². The number of rotatable bonds is 5. The lowest BCUT2D eigenvalue weighted by Gasteiger charge is -2.05. The molecule has 0 aliphatic heterocycles. The van der Waals surface area contributed by atoms with Gasteiger partial charge in [0.2, 0.25) is 0 Å². The molecule has 0 saturated carbocycles. The van der Waals surface area contributed by atoms with E-state index in [0.29, 0.717) is 0 Å². The summed E-state index contributed by atoms with van der Waals surface area (Å²) in [6.07, 6.45) is 12.8. The summed E-state index contributed by atoms with van der Waals surface area (Å²) in [5.74, 6) is 4.09. The fraction of sp³-hybridized carbons (Fsp3) is 0.176. The third-order valence-electron chi connectivity index (χ3n) is 2.55. The molecule has 98 valence electrons. The molecule has 0 aliphatic carbocycles. The summed E-state index contributed by atoms with van der Waals surface area (Å²) in [5, 5.41) is 0. The van der Waals surface area contributed by atoms with Gasteiger partial charge in [0.25, 0.3) is 0 Å². The first-order valence-corrected chi connectivity index (χ1v) is 5.94. The molecule has 19 heavy (non-hydrogen) atoms. The Hall–Kier alpha value is -2.40. The molecule has 2 heteroatoms. The minimum absolute atomic E-state index is 0.747. The van der Waals surface area contributed by atoms with E-state index in [2.05, 4.69) is 5.92 Å². The van der Waals surface area contributed by atoms with E-state index >= 15 is 0 Å². The molecule has 1 aromatic carbocycles. The van der Waals surface area contributed by atoms with Crippen LogP contribution in [-0.2, 0) is 4.74 Å². The molecule has 0 amide bonds. The molecule has 0 fully saturated rings. The summed E-state index contributed by atoms with van der Waals surface area (Å²) < 4.78 is 10.5. The lowest BCUT2D eigenvalue weighted by atomic mass is 10.1. The van der Waals surface area contributed by atoms with Gasteiger partial charge in [0.1, 0.15) is 11.5 Å². The van der Waals surface area contributed by atoms with Crippen LogP contribution in [0, 0.1) is 12.3 Å². The fourth-order valence-corrected chi connectivity index (χ4v) is 1.62. The number of benzene rings is 1. The minimum atomic E-state index is 0.747. The Morgan fingerprint density at radius 1 is 1.32 bits per heavy atom. The van der Waals surface area contributed by atoms with Gasteiger partial charge in [-0.15, -0.1) is 6.42 Å². The highest BCUT2D eigenvalue weighted by atomic mass is 16.5. The van der Waals surface area contributed by atoms with Crippen LogP contribution in [0.4, 0.5) is 0 Å². The van der Waals surface area contributed by atoms with Crippen molar-refractivity contribution in [2.75, 3.05) is 14.2 Å². The smallest absolute Gasteiger partial charge is 0.122 e. The minimum Gasteiger partial charge on any atom is -0.497 e. The summed E-state index contributed by atoms with van der Waals surface area (Å²) >= 11 is 0. The summed E-state index contributed by atoms with van der Waals surface area (Å²) in [6, 6.07) is 7.79. The van der Waals surface area contributed by atoms with E-state index in [0.717, 1.165) is 22.6 Å². The maximum absolute atomic E-state index is 5.33. The zero-order valence-corrected chi connectivity index (χ0v) is 11.5. The number of hydrogen-bond acceptors (Lipinski definition) is 2. The maximum atomic E-state index is 5.33. The molecule has 0 aromatic heterocycles. The largest absolute Gasteiger partial charge is 0.497 e. The van der Waals surface area contributed by atoms with E-state index in [1.807, 2.05) is 49.4 Å². The maximum Gasteiger partial charge on any atom is 0.122 e. The third-order valence-corrected chi connectivity index (χ3v) is 2.55. The van der Waals surface area contributed by atoms with Crippen molar-refractivity contribution in [2.24, 2.45) is 0 Å². The van der Waals surface area contributed by atoms with Crippen molar-refractivity contribution >= 4 is 6.08 Å². The highest BCUT2D eigenvalue weighted by molar-refractivity contribution is 5.58. The molecule has 1 rings (SSSR count). The Bertz CT molecular complexity index is 543. The normalized spacial score (nSPS) is 12.3. The van der Waals surface area contributed by atoms with Gasteiger partial charge in [0.05, 0.1) is 14.2 Å². The SMILES string of the molecule is C#C/C=C(/C=C/c1cccc(OC)c1)C(=C/C)\OC. The van der Waals surface area contributed by atoms with Gasteiger partial charge < -0.3 is 9.47 Å². The van der Waals surface area contributed by atoms with Crippen LogP contribution in [0.1, 0.15) is 12.5 Å². The van der Waals surface area contributed by atoms with Crippen molar-refractivity contribution in [3.63, 3.8) is 0 Å². The predicted molar refractivity (Wildman–Crippen MR) is 79.7 cm³/mol. The lowest BCUT2D eigenvalue weighted by molar-refractivity contribution is 0.302. The summed E-state index contributed by atoms with van der Waals surface area (Å²) in [6.45, 7) is 1.91. The first kappa shape index (κ1) is 14.7. The second-order valence-electron chi connectivity index (χ2n) is 3.73. The van der Waals surface area contributed by atoms with Crippen molar-refractivity contribution < 1.29 is 9.47 Å². The van der Waals surface area contributed by atoms with E-state index < -0.39 is 0 Å². The average Bonchev–Trinajstić information content (AvgIpc) is 2.46. The molecule has 0 heterocycles. The van der Waals surface area contributed by atoms with Gasteiger partial charge >= 0.3 is 0 Å². The number of allylic oxidation sites excluding steroid dienone is 3. The van der Waals surface area contributed by atoms with Crippen LogP contribution < -0.4 is 4.74 Å². The van der Waals surface area contributed by atoms with E-state index in [9.17, 15) is 0 Å². The van der Waals surface area contributed by atoms with Crippen LogP contribution in [0.2, 0.25) is 0 Å². The van der Waals surface area contributed by atoms with Gasteiger partial charge in [0.15, 0.2) is 0 Å². The van der Waals surface area contributed by atoms with E-state index in [1.54, 1.807) is 20.3 Å². The molecule has 0 spiro atoms. The highest BCUT2D eigenvalue weighted by Gasteiger charge is 2.00. The zero-order valence-electron chi connectivity index (χ0n) is 11.5. The molecule has 0 atom stereocenters. The second kappa shape index (κ2) is 7.84. The van der Waals surface area contributed by atoms with E-state index in [4.69, 9.17) is 15.9 Å². The average molecular weight is 254 g/mol. The molecule has 0 bridgehead atoms. The van der Waals surface area contributed by atoms with Crippen LogP contribution in [0.3, 0.4) is 0 Å². The van der Waals surface area contributed by atoms with Gasteiger partial charge in [-0.05, 0) is 36.8 Å². The Morgan fingerprint density at radius 3 is 2.68 bits per heavy atom. The molecule has 0 radical (unpaired) electrons. The predicted octanol–water partition coefficient (Wildman–Crippen LogP) is 3.82. The lowest BCUT2D eigenvalue weighted by Crippen LogP contribution is -1.89. The molecule has 2 nitrogen and oxygen atoms in total. The summed E-state index contributed by atoms with van der Waals surface area (Å²) in [7, 11) is 3.27. The van der Waals surface area contributed by atoms with Gasteiger partial charge in [-0.1, -0.05) is 30.2 Å². The molecule has 0 unspecified atom stereocenters. The topological polar surface area (TPSA) is 18.5 Å². The number of ether oxygens (including phenoxy) is 2. The van der Waals surface area contributed by atoms with Crippen LogP contribution in [-0.4, -0.2) is 14.2 Å². The summed E-state index contributed by atoms with van der Waals surface area (Å²) in [5.41, 5.74) is 1.89. The Labute approximate surface area is 115 Å². The Balaban J connectivity index is 3.00. The van der Waals surface area contributed by atoms with Crippen molar-refractivity contribution in [3.8, 4) is 18.1 Å². The molecular formula is C17H18O2. The highest BCUT2D eigenvalue weighted by Crippen LogP contribution is 2.17. The standard InChI is InChI=1S/C17H18O2/c1-5-8-15(17(6-2)19-4)12-11-14-9-7-10-16(13-14)18-3/h1,6-13H,2-4H3/b12-11+,15-8-,17-6+. The molecule has 0 aliphatic rings. The van der Waals surface area contributed by atoms with Crippen LogP contribution in [0.15, 0.2) is 53.8 Å². The number of terminal acetylenes is 1. The van der Waals surface area contributed by atoms with Crippen LogP contribution in [0.5, 0.6) is 5.75 Å². The van der Waals surface area contributed by atoms with Crippen molar-refractivity contribution in [3.05, 3.63) is 59.4 Å². The van der Waals surface area contributed by atoms with Crippen molar-refractivity contribution in [2.45, 2.75) is 6.92 Å². The molecule has 1 aromatic rings. The van der Waals surface area contributed by atoms with Gasteiger partial charge in [-0.25, -0.2) is 0 Å². The zero-order chi connectivity index (χ0) is 14.1. The summed E-state index contributed by atoms with van der Waals surface area (Å²) in [4.78, 5) is 0. The van der Waals surface area contributed by atoms with Gasteiger partial charge in [-0.3, -0.25) is 0 Å². The quantitative estimate of drug-likeness (QED) is 0.452. The van der Waals surface area contributed by atoms with Crippen molar-refractivity contribution in [1.29, 1.82) is 0 Å². The first-order chi connectivity index (χ1) is 9.24. The van der Waals surface area contributed by atoms with Crippen LogP contribution >= 0.6 is 0 Å². The molecule has 0 N–H and O–H groups in total. The Morgan fingerprint density at radius 2 is 2.11 bits per heavy atom. The first-order valence-electron chi connectivity index (χ1n) is 5.94. The van der Waals surface area contributed by atoms with Gasteiger partial charge in [-0.2, -0.15) is 0 Å². The fourth-order valence-electron chi connectivity index (χ4n) is 1.62. The van der Waals surface area contributed by atoms with Gasteiger partial charge in [0, 0.05) is 5.57 Å². The number of hydrogen-bond donors (Lipinski definition) is 0. The third kappa shape index (κ3) is 4.40. The van der Waals surface area contributed by atoms with Crippen molar-refractivity contribution in [1.82, 2.24) is 0 Å². The monoisotopic (exact) mass is 254 g/mol. The second-order valence-corrected chi connectivity index (χ2v) is 3.73.